The number of benzene rings is 1. The third kappa shape index (κ3) is 2.85. The molecule has 5 nitrogen and oxygen atoms in total. The molecule has 0 heterocycles. The summed E-state index contributed by atoms with van der Waals surface area (Å²) in [6.07, 6.45) is 0.386. The van der Waals surface area contributed by atoms with E-state index >= 15 is 0 Å². The molecule has 0 saturated carbocycles. The van der Waals surface area contributed by atoms with Gasteiger partial charge in [-0.3, -0.25) is 4.79 Å². The first kappa shape index (κ1) is 11.3. The maximum absolute atomic E-state index is 11.1. The number of esters is 1. The van der Waals surface area contributed by atoms with Gasteiger partial charge < -0.3 is 21.9 Å². The molecule has 0 saturated heterocycles. The molecule has 0 unspecified atom stereocenters. The van der Waals surface area contributed by atoms with E-state index in [2.05, 4.69) is 4.74 Å². The largest absolute Gasteiger partial charge is 0.468 e. The van der Waals surface area contributed by atoms with Crippen molar-refractivity contribution in [2.75, 3.05) is 18.6 Å². The summed E-state index contributed by atoms with van der Waals surface area (Å²) in [7, 11) is 1.31. The number of methoxy groups -OCH3 is 1. The summed E-state index contributed by atoms with van der Waals surface area (Å²) in [5.41, 5.74) is 18.7. The molecule has 1 aromatic rings. The first-order chi connectivity index (χ1) is 7.04. The van der Waals surface area contributed by atoms with Crippen molar-refractivity contribution in [1.82, 2.24) is 0 Å². The zero-order valence-electron chi connectivity index (χ0n) is 8.57. The molecule has 0 aliphatic carbocycles. The maximum atomic E-state index is 11.1. The Morgan fingerprint density at radius 2 is 2.07 bits per heavy atom. The molecule has 0 spiro atoms. The Hall–Kier alpha value is -1.75. The molecule has 6 N–H and O–H groups in total. The average Bonchev–Trinajstić information content (AvgIpc) is 2.22. The van der Waals surface area contributed by atoms with Crippen LogP contribution in [0.4, 0.5) is 11.4 Å². The van der Waals surface area contributed by atoms with E-state index in [0.29, 0.717) is 17.8 Å². The van der Waals surface area contributed by atoms with E-state index in [-0.39, 0.29) is 0 Å². The quantitative estimate of drug-likeness (QED) is 0.476. The molecule has 5 heteroatoms. The number of hydrogen-bond acceptors (Lipinski definition) is 5. The van der Waals surface area contributed by atoms with E-state index in [1.165, 1.54) is 7.11 Å². The summed E-state index contributed by atoms with van der Waals surface area (Å²) in [4.78, 5) is 11.1. The van der Waals surface area contributed by atoms with Crippen LogP contribution < -0.4 is 17.2 Å². The third-order valence-electron chi connectivity index (χ3n) is 2.11. The van der Waals surface area contributed by atoms with Gasteiger partial charge >= 0.3 is 5.97 Å². The maximum Gasteiger partial charge on any atom is 0.322 e. The highest BCUT2D eigenvalue weighted by Crippen LogP contribution is 2.16. The first-order valence-corrected chi connectivity index (χ1v) is 4.52. The first-order valence-electron chi connectivity index (χ1n) is 4.52. The predicted octanol–water partition coefficient (Wildman–Crippen LogP) is -0.106. The monoisotopic (exact) mass is 209 g/mol. The molecule has 0 aliphatic heterocycles. The fourth-order valence-electron chi connectivity index (χ4n) is 1.24. The normalized spacial score (nSPS) is 12.1. The summed E-state index contributed by atoms with van der Waals surface area (Å²) >= 11 is 0. The van der Waals surface area contributed by atoms with Crippen molar-refractivity contribution >= 4 is 17.3 Å². The molecule has 0 fully saturated rings. The molecule has 0 aliphatic rings. The fourth-order valence-corrected chi connectivity index (χ4v) is 1.24. The summed E-state index contributed by atoms with van der Waals surface area (Å²) in [5.74, 6) is -0.439. The van der Waals surface area contributed by atoms with Gasteiger partial charge in [-0.05, 0) is 24.1 Å². The van der Waals surface area contributed by atoms with E-state index in [1.807, 2.05) is 0 Å². The van der Waals surface area contributed by atoms with Crippen molar-refractivity contribution in [2.24, 2.45) is 5.73 Å². The minimum Gasteiger partial charge on any atom is -0.468 e. The molecule has 0 radical (unpaired) electrons. The fraction of sp³-hybridized carbons (Fsp3) is 0.300. The molecule has 1 atom stereocenters. The lowest BCUT2D eigenvalue weighted by Gasteiger charge is -2.10. The number of ether oxygens (including phenoxy) is 1. The number of nitrogen functional groups attached to an aromatic ring is 2. The summed E-state index contributed by atoms with van der Waals surface area (Å²) in [5, 5.41) is 0. The highest BCUT2D eigenvalue weighted by atomic mass is 16.5. The van der Waals surface area contributed by atoms with Gasteiger partial charge in [-0.1, -0.05) is 6.07 Å². The van der Waals surface area contributed by atoms with Gasteiger partial charge in [-0.25, -0.2) is 0 Å². The molecule has 0 amide bonds. The van der Waals surface area contributed by atoms with Gasteiger partial charge in [-0.2, -0.15) is 0 Å². The Balaban J connectivity index is 2.73. The molecule has 1 rings (SSSR count). The van der Waals surface area contributed by atoms with Crippen molar-refractivity contribution in [3.63, 3.8) is 0 Å². The van der Waals surface area contributed by atoms with Gasteiger partial charge in [0.2, 0.25) is 0 Å². The Bertz CT molecular complexity index is 366. The van der Waals surface area contributed by atoms with Crippen molar-refractivity contribution < 1.29 is 9.53 Å². The Kier molecular flexibility index (Phi) is 3.51. The van der Waals surface area contributed by atoms with E-state index < -0.39 is 12.0 Å². The van der Waals surface area contributed by atoms with Gasteiger partial charge in [0.05, 0.1) is 18.5 Å². The lowest BCUT2D eigenvalue weighted by atomic mass is 10.1. The second-order valence-electron chi connectivity index (χ2n) is 3.30. The highest BCUT2D eigenvalue weighted by molar-refractivity contribution is 5.76. The minimum atomic E-state index is -0.668. The molecular weight excluding hydrogens is 194 g/mol. The molecular formula is C10H15N3O2. The predicted molar refractivity (Wildman–Crippen MR) is 59.0 cm³/mol. The number of anilines is 2. The third-order valence-corrected chi connectivity index (χ3v) is 2.11. The number of rotatable bonds is 3. The van der Waals surface area contributed by atoms with Crippen LogP contribution in [0, 0.1) is 0 Å². The van der Waals surface area contributed by atoms with Crippen LogP contribution in [0.2, 0.25) is 0 Å². The zero-order valence-corrected chi connectivity index (χ0v) is 8.57. The van der Waals surface area contributed by atoms with E-state index in [0.717, 1.165) is 5.56 Å². The summed E-state index contributed by atoms with van der Waals surface area (Å²) in [6.45, 7) is 0. The van der Waals surface area contributed by atoms with E-state index in [4.69, 9.17) is 17.2 Å². The van der Waals surface area contributed by atoms with Gasteiger partial charge in [0.1, 0.15) is 6.04 Å². The van der Waals surface area contributed by atoms with Crippen LogP contribution in [0.5, 0.6) is 0 Å². The van der Waals surface area contributed by atoms with Crippen molar-refractivity contribution in [3.8, 4) is 0 Å². The number of hydrogen-bond donors (Lipinski definition) is 3. The Labute approximate surface area is 88.2 Å². The smallest absolute Gasteiger partial charge is 0.322 e. The molecule has 82 valence electrons. The second kappa shape index (κ2) is 4.65. The second-order valence-corrected chi connectivity index (χ2v) is 3.30. The van der Waals surface area contributed by atoms with Crippen molar-refractivity contribution in [2.45, 2.75) is 12.5 Å². The van der Waals surface area contributed by atoms with E-state index in [1.54, 1.807) is 18.2 Å². The molecule has 15 heavy (non-hydrogen) atoms. The Morgan fingerprint density at radius 3 is 2.60 bits per heavy atom. The standard InChI is InChI=1S/C10H15N3O2/c1-15-10(14)9(13)5-6-2-3-7(11)8(12)4-6/h2-4,9H,5,11-13H2,1H3/t9-/m0/s1. The molecule has 1 aromatic carbocycles. The SMILES string of the molecule is COC(=O)[C@@H](N)Cc1ccc(N)c(N)c1. The topological polar surface area (TPSA) is 104 Å². The van der Waals surface area contributed by atoms with Crippen LogP contribution >= 0.6 is 0 Å². The van der Waals surface area contributed by atoms with Gasteiger partial charge in [0.25, 0.3) is 0 Å². The van der Waals surface area contributed by atoms with Crippen molar-refractivity contribution in [1.29, 1.82) is 0 Å². The minimum absolute atomic E-state index is 0.386. The number of nitrogens with two attached hydrogens (primary N) is 3. The van der Waals surface area contributed by atoms with Gasteiger partial charge in [0.15, 0.2) is 0 Å². The molecule has 0 aromatic heterocycles. The number of carbonyl (C=O) groups is 1. The highest BCUT2D eigenvalue weighted by Gasteiger charge is 2.14. The van der Waals surface area contributed by atoms with Gasteiger partial charge in [-0.15, -0.1) is 0 Å². The van der Waals surface area contributed by atoms with Crippen molar-refractivity contribution in [3.05, 3.63) is 23.8 Å². The van der Waals surface area contributed by atoms with Crippen LogP contribution in [-0.2, 0) is 16.0 Å². The van der Waals surface area contributed by atoms with Crippen LogP contribution in [0.15, 0.2) is 18.2 Å². The zero-order chi connectivity index (χ0) is 11.4. The Morgan fingerprint density at radius 1 is 1.40 bits per heavy atom. The average molecular weight is 209 g/mol. The van der Waals surface area contributed by atoms with Crippen LogP contribution in [0.3, 0.4) is 0 Å². The van der Waals surface area contributed by atoms with E-state index in [9.17, 15) is 4.79 Å². The lowest BCUT2D eigenvalue weighted by Crippen LogP contribution is -2.33. The summed E-state index contributed by atoms with van der Waals surface area (Å²) < 4.78 is 4.52. The van der Waals surface area contributed by atoms with Crippen LogP contribution in [0.1, 0.15) is 5.56 Å². The lowest BCUT2D eigenvalue weighted by molar-refractivity contribution is -0.142. The van der Waals surface area contributed by atoms with Crippen LogP contribution in [-0.4, -0.2) is 19.1 Å². The molecule has 0 bridgehead atoms. The van der Waals surface area contributed by atoms with Gasteiger partial charge in [0, 0.05) is 0 Å². The summed E-state index contributed by atoms with van der Waals surface area (Å²) in [6, 6.07) is 4.51. The van der Waals surface area contributed by atoms with Crippen LogP contribution in [0.25, 0.3) is 0 Å². The number of carbonyl (C=O) groups excluding carboxylic acids is 1.